The second-order valence-electron chi connectivity index (χ2n) is 7.10. The fraction of sp³-hybridized carbons (Fsp3) is 0.217. The maximum atomic E-state index is 5.43. The van der Waals surface area contributed by atoms with Crippen LogP contribution in [0.1, 0.15) is 5.56 Å². The van der Waals surface area contributed by atoms with E-state index in [-0.39, 0.29) is 0 Å². The monoisotopic (exact) mass is 370 g/mol. The van der Waals surface area contributed by atoms with Gasteiger partial charge in [0.25, 0.3) is 0 Å². The summed E-state index contributed by atoms with van der Waals surface area (Å²) < 4.78 is 7.31. The average molecular weight is 370 g/mol. The van der Waals surface area contributed by atoms with E-state index in [2.05, 4.69) is 63.5 Å². The summed E-state index contributed by atoms with van der Waals surface area (Å²) in [6, 6.07) is 21.4. The fourth-order valence-electron chi connectivity index (χ4n) is 3.73. The van der Waals surface area contributed by atoms with Crippen LogP contribution in [0.5, 0.6) is 0 Å². The zero-order valence-corrected chi connectivity index (χ0v) is 15.7. The first kappa shape index (κ1) is 17.1. The highest BCUT2D eigenvalue weighted by Crippen LogP contribution is 2.27. The highest BCUT2D eigenvalue weighted by molar-refractivity contribution is 5.72. The molecule has 5 rings (SSSR count). The summed E-state index contributed by atoms with van der Waals surface area (Å²) in [5.41, 5.74) is 6.79. The molecule has 1 aliphatic rings. The van der Waals surface area contributed by atoms with Gasteiger partial charge in [-0.25, -0.2) is 9.50 Å². The quantitative estimate of drug-likeness (QED) is 0.546. The van der Waals surface area contributed by atoms with Crippen LogP contribution in [0.15, 0.2) is 73.1 Å². The van der Waals surface area contributed by atoms with Crippen LogP contribution in [0.25, 0.3) is 28.0 Å². The molecule has 4 aromatic rings. The van der Waals surface area contributed by atoms with Crippen molar-refractivity contribution in [3.63, 3.8) is 0 Å². The molecule has 0 unspecified atom stereocenters. The predicted octanol–water partition coefficient (Wildman–Crippen LogP) is 3.90. The van der Waals surface area contributed by atoms with Crippen molar-refractivity contribution in [3.05, 3.63) is 78.6 Å². The molecule has 28 heavy (non-hydrogen) atoms. The fourth-order valence-corrected chi connectivity index (χ4v) is 3.73. The summed E-state index contributed by atoms with van der Waals surface area (Å²) in [6.45, 7) is 4.68. The van der Waals surface area contributed by atoms with Gasteiger partial charge < -0.3 is 4.74 Å². The first-order valence-electron chi connectivity index (χ1n) is 9.65. The average Bonchev–Trinajstić information content (AvgIpc) is 3.24. The maximum Gasteiger partial charge on any atom is 0.155 e. The molecule has 0 saturated carbocycles. The number of nitrogens with zero attached hydrogens (tertiary/aromatic N) is 4. The molecule has 0 N–H and O–H groups in total. The van der Waals surface area contributed by atoms with Gasteiger partial charge in [-0.1, -0.05) is 42.5 Å². The second kappa shape index (κ2) is 7.54. The lowest BCUT2D eigenvalue weighted by atomic mass is 10.0. The van der Waals surface area contributed by atoms with Crippen LogP contribution < -0.4 is 0 Å². The molecule has 1 fully saturated rings. The van der Waals surface area contributed by atoms with Crippen LogP contribution in [-0.2, 0) is 11.3 Å². The van der Waals surface area contributed by atoms with Crippen molar-refractivity contribution in [2.24, 2.45) is 0 Å². The molecule has 5 nitrogen and oxygen atoms in total. The van der Waals surface area contributed by atoms with E-state index in [1.807, 2.05) is 22.8 Å². The Morgan fingerprint density at radius 3 is 2.50 bits per heavy atom. The van der Waals surface area contributed by atoms with Crippen molar-refractivity contribution in [2.45, 2.75) is 6.54 Å². The molecule has 3 heterocycles. The number of benzene rings is 2. The topological polar surface area (TPSA) is 42.7 Å². The molecule has 1 saturated heterocycles. The van der Waals surface area contributed by atoms with Gasteiger partial charge in [-0.15, -0.1) is 0 Å². The minimum Gasteiger partial charge on any atom is -0.379 e. The summed E-state index contributed by atoms with van der Waals surface area (Å²) >= 11 is 0. The number of morpholine rings is 1. The van der Waals surface area contributed by atoms with E-state index in [9.17, 15) is 0 Å². The van der Waals surface area contributed by atoms with Gasteiger partial charge in [-0.05, 0) is 28.8 Å². The minimum absolute atomic E-state index is 0.837. The summed E-state index contributed by atoms with van der Waals surface area (Å²) in [7, 11) is 0. The Morgan fingerprint density at radius 2 is 1.64 bits per heavy atom. The molecule has 0 aliphatic carbocycles. The van der Waals surface area contributed by atoms with E-state index in [4.69, 9.17) is 4.74 Å². The Morgan fingerprint density at radius 1 is 0.821 bits per heavy atom. The highest BCUT2D eigenvalue weighted by atomic mass is 16.5. The number of fused-ring (bicyclic) bond motifs is 1. The minimum atomic E-state index is 0.837. The molecule has 0 bridgehead atoms. The van der Waals surface area contributed by atoms with Crippen LogP contribution in [0.2, 0.25) is 0 Å². The lowest BCUT2D eigenvalue weighted by Crippen LogP contribution is -2.35. The Bertz CT molecular complexity index is 1080. The first-order valence-corrected chi connectivity index (χ1v) is 9.65. The Hall–Kier alpha value is -3.02. The molecule has 0 amide bonds. The molecule has 0 radical (unpaired) electrons. The van der Waals surface area contributed by atoms with Crippen LogP contribution >= 0.6 is 0 Å². The van der Waals surface area contributed by atoms with Crippen molar-refractivity contribution in [3.8, 4) is 22.4 Å². The largest absolute Gasteiger partial charge is 0.379 e. The zero-order valence-electron chi connectivity index (χ0n) is 15.7. The lowest BCUT2D eigenvalue weighted by molar-refractivity contribution is 0.0342. The standard InChI is InChI=1S/C23H22N4O/c1-2-20(16-21(3-1)22-8-10-24-23-9-11-25-27(22)23)19-6-4-18(5-7-19)17-26-12-14-28-15-13-26/h1-11,16H,12-15,17H2. The van der Waals surface area contributed by atoms with Crippen LogP contribution in [-0.4, -0.2) is 45.8 Å². The zero-order chi connectivity index (χ0) is 18.8. The number of rotatable bonds is 4. The van der Waals surface area contributed by atoms with Gasteiger partial charge in [-0.3, -0.25) is 4.90 Å². The summed E-state index contributed by atoms with van der Waals surface area (Å²) in [6.07, 6.45) is 3.61. The Kier molecular flexibility index (Phi) is 4.61. The van der Waals surface area contributed by atoms with Gasteiger partial charge in [0.05, 0.1) is 25.1 Å². The summed E-state index contributed by atoms with van der Waals surface area (Å²) in [5.74, 6) is 0. The normalized spacial score (nSPS) is 15.1. The van der Waals surface area contributed by atoms with Crippen molar-refractivity contribution in [1.82, 2.24) is 19.5 Å². The van der Waals surface area contributed by atoms with Crippen molar-refractivity contribution in [2.75, 3.05) is 26.3 Å². The molecule has 0 atom stereocenters. The van der Waals surface area contributed by atoms with E-state index in [0.29, 0.717) is 0 Å². The van der Waals surface area contributed by atoms with Gasteiger partial charge >= 0.3 is 0 Å². The molecular weight excluding hydrogens is 348 g/mol. The molecule has 1 aliphatic heterocycles. The Balaban J connectivity index is 1.41. The van der Waals surface area contributed by atoms with E-state index in [1.54, 1.807) is 6.20 Å². The number of ether oxygens (including phenoxy) is 1. The molecule has 0 spiro atoms. The third-order valence-corrected chi connectivity index (χ3v) is 5.25. The second-order valence-corrected chi connectivity index (χ2v) is 7.10. The van der Waals surface area contributed by atoms with Crippen molar-refractivity contribution < 1.29 is 4.74 Å². The third-order valence-electron chi connectivity index (χ3n) is 5.25. The molecule has 2 aromatic carbocycles. The Labute approximate surface area is 164 Å². The number of hydrogen-bond acceptors (Lipinski definition) is 4. The van der Waals surface area contributed by atoms with Crippen molar-refractivity contribution >= 4 is 5.65 Å². The van der Waals surface area contributed by atoms with Gasteiger partial charge in [0.15, 0.2) is 5.65 Å². The lowest BCUT2D eigenvalue weighted by Gasteiger charge is -2.26. The SMILES string of the molecule is c1cc(-c2ccc(CN3CCOCC3)cc2)cc(-c2ccnc3ccnn23)c1. The first-order chi connectivity index (χ1) is 13.9. The molecule has 2 aromatic heterocycles. The van der Waals surface area contributed by atoms with E-state index >= 15 is 0 Å². The summed E-state index contributed by atoms with van der Waals surface area (Å²) in [5, 5.41) is 4.41. The number of aromatic nitrogens is 3. The van der Waals surface area contributed by atoms with Crippen LogP contribution in [0.4, 0.5) is 0 Å². The molecular formula is C23H22N4O. The summed E-state index contributed by atoms with van der Waals surface area (Å²) in [4.78, 5) is 6.80. The van der Waals surface area contributed by atoms with Crippen LogP contribution in [0.3, 0.4) is 0 Å². The van der Waals surface area contributed by atoms with Crippen molar-refractivity contribution in [1.29, 1.82) is 0 Å². The van der Waals surface area contributed by atoms with Gasteiger partial charge in [0, 0.05) is 37.5 Å². The van der Waals surface area contributed by atoms with Gasteiger partial charge in [0.1, 0.15) is 0 Å². The number of hydrogen-bond donors (Lipinski definition) is 0. The predicted molar refractivity (Wildman–Crippen MR) is 110 cm³/mol. The maximum absolute atomic E-state index is 5.43. The molecule has 140 valence electrons. The molecule has 5 heteroatoms. The van der Waals surface area contributed by atoms with E-state index in [0.717, 1.165) is 49.8 Å². The van der Waals surface area contributed by atoms with E-state index < -0.39 is 0 Å². The van der Waals surface area contributed by atoms with Gasteiger partial charge in [0.2, 0.25) is 0 Å². The highest BCUT2D eigenvalue weighted by Gasteiger charge is 2.11. The van der Waals surface area contributed by atoms with Crippen LogP contribution in [0, 0.1) is 0 Å². The smallest absolute Gasteiger partial charge is 0.155 e. The van der Waals surface area contributed by atoms with Gasteiger partial charge in [-0.2, -0.15) is 5.10 Å². The van der Waals surface area contributed by atoms with E-state index in [1.165, 1.54) is 16.7 Å². The third kappa shape index (κ3) is 3.42.